The third kappa shape index (κ3) is 37.8. The van der Waals surface area contributed by atoms with Gasteiger partial charge in [0.15, 0.2) is 6.10 Å². The van der Waals surface area contributed by atoms with Gasteiger partial charge in [-0.3, -0.25) is 18.6 Å². The Kier molecular flexibility index (Phi) is 36.3. The SMILES string of the molecule is CC/C=C\C/C=C\C/C=C\C/C=C\C/C=C\CC(=O)OC(COC(=O)CCCCCCCCCCCCCCCCC)COP(=O)(O)OCC(O)CO. The number of aliphatic hydroxyl groups excluding tert-OH is 2. The highest BCUT2D eigenvalue weighted by Gasteiger charge is 2.27. The molecule has 53 heavy (non-hydrogen) atoms. The largest absolute Gasteiger partial charge is 0.472 e. The van der Waals surface area contributed by atoms with Crippen LogP contribution in [0.4, 0.5) is 0 Å². The molecule has 0 aliphatic rings. The van der Waals surface area contributed by atoms with Gasteiger partial charge in [-0.25, -0.2) is 4.57 Å². The number of phosphoric ester groups is 1. The first-order valence-corrected chi connectivity index (χ1v) is 21.7. The third-order valence-electron chi connectivity index (χ3n) is 8.22. The molecule has 306 valence electrons. The number of aliphatic hydroxyl groups is 2. The molecule has 3 atom stereocenters. The number of carbonyl (C=O) groups excluding carboxylic acids is 2. The molecule has 0 fully saturated rings. The number of phosphoric acid groups is 1. The van der Waals surface area contributed by atoms with Gasteiger partial charge in [-0.15, -0.1) is 0 Å². The zero-order valence-electron chi connectivity index (χ0n) is 33.0. The molecule has 3 unspecified atom stereocenters. The van der Waals surface area contributed by atoms with Crippen LogP contribution in [0.5, 0.6) is 0 Å². The Morgan fingerprint density at radius 1 is 0.585 bits per heavy atom. The lowest BCUT2D eigenvalue weighted by molar-refractivity contribution is -0.160. The van der Waals surface area contributed by atoms with Crippen LogP contribution in [0, 0.1) is 0 Å². The second-order valence-electron chi connectivity index (χ2n) is 13.3. The van der Waals surface area contributed by atoms with Crippen molar-refractivity contribution < 1.29 is 47.8 Å². The fourth-order valence-corrected chi connectivity index (χ4v) is 5.92. The number of rotatable bonds is 37. The van der Waals surface area contributed by atoms with E-state index >= 15 is 0 Å². The van der Waals surface area contributed by atoms with Crippen LogP contribution in [0.15, 0.2) is 60.8 Å². The Labute approximate surface area is 321 Å². The van der Waals surface area contributed by atoms with Crippen molar-refractivity contribution in [2.75, 3.05) is 26.4 Å². The van der Waals surface area contributed by atoms with Crippen LogP contribution in [0.25, 0.3) is 0 Å². The minimum atomic E-state index is -4.64. The molecule has 0 aliphatic carbocycles. The zero-order valence-corrected chi connectivity index (χ0v) is 33.9. The van der Waals surface area contributed by atoms with E-state index < -0.39 is 51.8 Å². The van der Waals surface area contributed by atoms with Gasteiger partial charge in [-0.2, -0.15) is 0 Å². The van der Waals surface area contributed by atoms with E-state index in [1.807, 2.05) is 18.2 Å². The Balaban J connectivity index is 4.46. The highest BCUT2D eigenvalue weighted by Crippen LogP contribution is 2.43. The van der Waals surface area contributed by atoms with Crippen LogP contribution >= 0.6 is 7.82 Å². The van der Waals surface area contributed by atoms with Crippen LogP contribution in [-0.4, -0.2) is 65.7 Å². The van der Waals surface area contributed by atoms with E-state index in [0.29, 0.717) is 12.8 Å². The van der Waals surface area contributed by atoms with E-state index in [2.05, 4.69) is 54.8 Å². The van der Waals surface area contributed by atoms with Crippen LogP contribution in [-0.2, 0) is 32.7 Å². The molecular weight excluding hydrogens is 695 g/mol. The normalized spacial score (nSPS) is 14.6. The van der Waals surface area contributed by atoms with E-state index in [-0.39, 0.29) is 19.4 Å². The van der Waals surface area contributed by atoms with E-state index in [9.17, 15) is 24.2 Å². The zero-order chi connectivity index (χ0) is 39.1. The predicted molar refractivity (Wildman–Crippen MR) is 214 cm³/mol. The van der Waals surface area contributed by atoms with Crippen molar-refractivity contribution in [3.05, 3.63) is 60.8 Å². The molecule has 3 N–H and O–H groups in total. The molecule has 10 nitrogen and oxygen atoms in total. The van der Waals surface area contributed by atoms with Gasteiger partial charge in [0.2, 0.25) is 0 Å². The quantitative estimate of drug-likeness (QED) is 0.0241. The third-order valence-corrected chi connectivity index (χ3v) is 9.17. The van der Waals surface area contributed by atoms with Gasteiger partial charge in [-0.1, -0.05) is 164 Å². The lowest BCUT2D eigenvalue weighted by atomic mass is 10.0. The van der Waals surface area contributed by atoms with Crippen molar-refractivity contribution in [2.24, 2.45) is 0 Å². The molecule has 0 aromatic heterocycles. The second-order valence-corrected chi connectivity index (χ2v) is 14.8. The van der Waals surface area contributed by atoms with Gasteiger partial charge in [-0.05, 0) is 38.5 Å². The maximum absolute atomic E-state index is 12.5. The lowest BCUT2D eigenvalue weighted by Crippen LogP contribution is -2.29. The van der Waals surface area contributed by atoms with Gasteiger partial charge in [0.1, 0.15) is 12.7 Å². The Bertz CT molecular complexity index is 1070. The summed E-state index contributed by atoms with van der Waals surface area (Å²) in [7, 11) is -4.64. The average molecular weight is 769 g/mol. The van der Waals surface area contributed by atoms with E-state index in [1.54, 1.807) is 6.08 Å². The van der Waals surface area contributed by atoms with E-state index in [4.69, 9.17) is 19.1 Å². The molecule has 0 amide bonds. The summed E-state index contributed by atoms with van der Waals surface area (Å²) in [5, 5.41) is 18.3. The molecule has 0 rings (SSSR count). The highest BCUT2D eigenvalue weighted by atomic mass is 31.2. The molecule has 0 saturated heterocycles. The number of carbonyl (C=O) groups is 2. The molecule has 11 heteroatoms. The number of unbranched alkanes of at least 4 members (excludes halogenated alkanes) is 14. The van der Waals surface area contributed by atoms with Crippen molar-refractivity contribution in [1.29, 1.82) is 0 Å². The first-order valence-electron chi connectivity index (χ1n) is 20.2. The van der Waals surface area contributed by atoms with Gasteiger partial charge in [0.25, 0.3) is 0 Å². The van der Waals surface area contributed by atoms with Crippen molar-refractivity contribution in [3.8, 4) is 0 Å². The maximum atomic E-state index is 12.5. The summed E-state index contributed by atoms with van der Waals surface area (Å²) in [6.45, 7) is 2.14. The summed E-state index contributed by atoms with van der Waals surface area (Å²) in [6.07, 6.45) is 40.8. The number of ether oxygens (including phenoxy) is 2. The van der Waals surface area contributed by atoms with Crippen LogP contribution in [0.2, 0.25) is 0 Å². The monoisotopic (exact) mass is 768 g/mol. The second kappa shape index (κ2) is 38.0. The van der Waals surface area contributed by atoms with Crippen molar-refractivity contribution in [3.63, 3.8) is 0 Å². The van der Waals surface area contributed by atoms with Gasteiger partial charge >= 0.3 is 19.8 Å². The predicted octanol–water partition coefficient (Wildman–Crippen LogP) is 10.3. The minimum absolute atomic E-state index is 0.0485. The van der Waals surface area contributed by atoms with Crippen LogP contribution in [0.1, 0.15) is 155 Å². The molecule has 0 aromatic carbocycles. The lowest BCUT2D eigenvalue weighted by Gasteiger charge is -2.20. The topological polar surface area (TPSA) is 149 Å². The van der Waals surface area contributed by atoms with E-state index in [1.165, 1.54) is 70.6 Å². The fraction of sp³-hybridized carbons (Fsp3) is 0.714. The molecule has 0 bridgehead atoms. The molecule has 0 saturated carbocycles. The molecule has 0 aromatic rings. The van der Waals surface area contributed by atoms with E-state index in [0.717, 1.165) is 44.9 Å². The Hall–Kier alpha value is -2.33. The maximum Gasteiger partial charge on any atom is 0.472 e. The standard InChI is InChI=1S/C42H73O10P/c1-3-5-7-9-11-13-15-17-19-21-23-25-27-29-31-33-41(45)49-37-40(38-51-53(47,48)50-36-39(44)35-43)52-42(46)34-32-30-28-26-24-22-20-18-16-14-12-10-8-6-4-2/h6,8,12,14,18,20,24,26,30,32,39-40,43-44H,3-5,7,9-11,13,15-17,19,21-23,25,27-29,31,33-38H2,1-2H3,(H,47,48)/b8-6-,14-12-,20-18-,26-24-,32-30-. The summed E-state index contributed by atoms with van der Waals surface area (Å²) >= 11 is 0. The number of esters is 2. The van der Waals surface area contributed by atoms with Crippen LogP contribution in [0.3, 0.4) is 0 Å². The average Bonchev–Trinajstić information content (AvgIpc) is 3.14. The van der Waals surface area contributed by atoms with Gasteiger partial charge < -0.3 is 24.6 Å². The number of hydrogen-bond donors (Lipinski definition) is 3. The molecule has 0 radical (unpaired) electrons. The molecule has 0 heterocycles. The smallest absolute Gasteiger partial charge is 0.462 e. The summed E-state index contributed by atoms with van der Waals surface area (Å²) in [5.74, 6) is -1.07. The summed E-state index contributed by atoms with van der Waals surface area (Å²) in [5.41, 5.74) is 0. The Morgan fingerprint density at radius 3 is 1.49 bits per heavy atom. The fourth-order valence-electron chi connectivity index (χ4n) is 5.13. The molecular formula is C42H73O10P. The van der Waals surface area contributed by atoms with Gasteiger partial charge in [0, 0.05) is 6.42 Å². The minimum Gasteiger partial charge on any atom is -0.462 e. The number of allylic oxidation sites excluding steroid dienone is 9. The van der Waals surface area contributed by atoms with Crippen molar-refractivity contribution in [1.82, 2.24) is 0 Å². The van der Waals surface area contributed by atoms with Crippen molar-refractivity contribution in [2.45, 2.75) is 167 Å². The number of hydrogen-bond acceptors (Lipinski definition) is 9. The summed E-state index contributed by atoms with van der Waals surface area (Å²) < 4.78 is 32.5. The summed E-state index contributed by atoms with van der Waals surface area (Å²) in [6, 6.07) is 0. The molecule has 0 spiro atoms. The summed E-state index contributed by atoms with van der Waals surface area (Å²) in [4.78, 5) is 34.8. The Morgan fingerprint density at radius 2 is 1.02 bits per heavy atom. The van der Waals surface area contributed by atoms with Crippen LogP contribution < -0.4 is 0 Å². The molecule has 0 aliphatic heterocycles. The highest BCUT2D eigenvalue weighted by molar-refractivity contribution is 7.47. The van der Waals surface area contributed by atoms with Gasteiger partial charge in [0.05, 0.1) is 26.2 Å². The first kappa shape index (κ1) is 50.7. The van der Waals surface area contributed by atoms with Crippen molar-refractivity contribution >= 4 is 19.8 Å². The first-order chi connectivity index (χ1) is 25.7.